The van der Waals surface area contributed by atoms with E-state index in [4.69, 9.17) is 4.98 Å². The average molecular weight is 564 g/mol. The van der Waals surface area contributed by atoms with Crippen molar-refractivity contribution < 1.29 is 4.79 Å². The molecule has 3 heterocycles. The molecule has 1 unspecified atom stereocenters. The highest BCUT2D eigenvalue weighted by molar-refractivity contribution is 7.14. The van der Waals surface area contributed by atoms with Crippen molar-refractivity contribution in [3.63, 3.8) is 0 Å². The fourth-order valence-electron chi connectivity index (χ4n) is 5.90. The number of piperidine rings is 1. The second-order valence-electron chi connectivity index (χ2n) is 11.3. The molecule has 1 fully saturated rings. The lowest BCUT2D eigenvalue weighted by molar-refractivity contribution is 0.103. The Morgan fingerprint density at radius 3 is 2.71 bits per heavy atom. The first kappa shape index (κ1) is 27.2. The van der Waals surface area contributed by atoms with E-state index in [1.165, 1.54) is 36.1 Å². The number of thiophene rings is 1. The molecule has 1 atom stereocenters. The van der Waals surface area contributed by atoms with Crippen molar-refractivity contribution in [2.24, 2.45) is 5.92 Å². The largest absolute Gasteiger partial charge is 0.371 e. The number of rotatable bonds is 7. The third kappa shape index (κ3) is 6.05. The monoisotopic (exact) mass is 563 g/mol. The number of aromatic nitrogens is 2. The van der Waals surface area contributed by atoms with E-state index in [-0.39, 0.29) is 5.91 Å². The second-order valence-corrected chi connectivity index (χ2v) is 12.4. The van der Waals surface area contributed by atoms with Gasteiger partial charge in [0, 0.05) is 46.8 Å². The molecule has 6 rings (SSSR count). The highest BCUT2D eigenvalue weighted by Gasteiger charge is 2.20. The number of fused-ring (bicyclic) bond motifs is 1. The Morgan fingerprint density at radius 2 is 1.90 bits per heavy atom. The summed E-state index contributed by atoms with van der Waals surface area (Å²) in [5.41, 5.74) is 8.01. The van der Waals surface area contributed by atoms with Gasteiger partial charge in [-0.25, -0.2) is 9.97 Å². The van der Waals surface area contributed by atoms with Crippen LogP contribution in [-0.2, 0) is 12.8 Å². The van der Waals surface area contributed by atoms with Gasteiger partial charge in [-0.05, 0) is 98.4 Å². The van der Waals surface area contributed by atoms with E-state index in [1.54, 1.807) is 17.5 Å². The van der Waals surface area contributed by atoms with Crippen LogP contribution in [0, 0.1) is 12.8 Å². The van der Waals surface area contributed by atoms with Crippen molar-refractivity contribution in [1.82, 2.24) is 14.9 Å². The summed E-state index contributed by atoms with van der Waals surface area (Å²) in [7, 11) is 0. The number of nitrogens with one attached hydrogen (secondary N) is 2. The number of nitrogens with zero attached hydrogens (tertiary/aromatic N) is 3. The minimum absolute atomic E-state index is 0.0457. The zero-order chi connectivity index (χ0) is 28.3. The third-order valence-corrected chi connectivity index (χ3v) is 9.48. The number of amides is 1. The summed E-state index contributed by atoms with van der Waals surface area (Å²) >= 11 is 1.63. The Morgan fingerprint density at radius 1 is 1.07 bits per heavy atom. The molecule has 2 aromatic heterocycles. The molecule has 1 saturated heterocycles. The van der Waals surface area contributed by atoms with Crippen LogP contribution in [0.4, 0.5) is 17.3 Å². The summed E-state index contributed by atoms with van der Waals surface area (Å²) in [6.07, 6.45) is 8.86. The summed E-state index contributed by atoms with van der Waals surface area (Å²) in [6, 6.07) is 18.2. The maximum atomic E-state index is 13.1. The van der Waals surface area contributed by atoms with E-state index in [0.717, 1.165) is 70.3 Å². The standard InChI is InChI=1S/C34H37N5OS/c1-22-8-7-19-39(21-22)24(3)25-13-15-27(16-14-25)36-34-35-18-17-30(38-34)28-10-6-11-29(23(28)2)37-33(40)32-20-26-9-4-5-12-31(26)41-32/h6,10-11,13-18,20,22H,3-5,7-9,12,19,21H2,1-2H3,(H,37,40)(H,35,36,38). The molecule has 1 aliphatic carbocycles. The Kier molecular flexibility index (Phi) is 7.88. The van der Waals surface area contributed by atoms with E-state index in [9.17, 15) is 4.79 Å². The maximum Gasteiger partial charge on any atom is 0.265 e. The summed E-state index contributed by atoms with van der Waals surface area (Å²) in [4.78, 5) is 26.9. The Labute approximate surface area is 246 Å². The molecule has 0 radical (unpaired) electrons. The molecule has 0 saturated carbocycles. The van der Waals surface area contributed by atoms with Gasteiger partial charge in [0.1, 0.15) is 0 Å². The first-order chi connectivity index (χ1) is 19.9. The summed E-state index contributed by atoms with van der Waals surface area (Å²) in [5, 5.41) is 6.49. The smallest absolute Gasteiger partial charge is 0.265 e. The normalized spacial score (nSPS) is 16.6. The van der Waals surface area contributed by atoms with Gasteiger partial charge >= 0.3 is 0 Å². The third-order valence-electron chi connectivity index (χ3n) is 8.25. The quantitative estimate of drug-likeness (QED) is 0.238. The van der Waals surface area contributed by atoms with E-state index in [2.05, 4.69) is 52.2 Å². The summed E-state index contributed by atoms with van der Waals surface area (Å²) in [5.74, 6) is 1.19. The molecule has 7 heteroatoms. The topological polar surface area (TPSA) is 70.1 Å². The first-order valence-electron chi connectivity index (χ1n) is 14.6. The molecule has 2 N–H and O–H groups in total. The van der Waals surface area contributed by atoms with Gasteiger partial charge in [-0.1, -0.05) is 37.8 Å². The number of anilines is 3. The van der Waals surface area contributed by atoms with Crippen molar-refractivity contribution in [2.45, 2.75) is 52.4 Å². The van der Waals surface area contributed by atoms with E-state index in [1.807, 2.05) is 43.3 Å². The van der Waals surface area contributed by atoms with E-state index < -0.39 is 0 Å². The number of benzene rings is 2. The minimum atomic E-state index is -0.0457. The van der Waals surface area contributed by atoms with Gasteiger partial charge in [0.15, 0.2) is 0 Å². The minimum Gasteiger partial charge on any atom is -0.371 e. The Bertz CT molecular complexity index is 1550. The highest BCUT2D eigenvalue weighted by Crippen LogP contribution is 2.32. The number of carbonyl (C=O) groups excluding carboxylic acids is 1. The van der Waals surface area contributed by atoms with Gasteiger partial charge in [-0.2, -0.15) is 0 Å². The molecule has 0 spiro atoms. The zero-order valence-corrected chi connectivity index (χ0v) is 24.7. The molecular formula is C34H37N5OS. The second kappa shape index (κ2) is 11.9. The van der Waals surface area contributed by atoms with Crippen LogP contribution in [0.1, 0.15) is 63.8 Å². The number of aryl methyl sites for hydroxylation is 2. The van der Waals surface area contributed by atoms with Gasteiger partial charge in [0.2, 0.25) is 5.95 Å². The van der Waals surface area contributed by atoms with Crippen molar-refractivity contribution in [3.05, 3.63) is 93.8 Å². The number of carbonyl (C=O) groups is 1. The predicted octanol–water partition coefficient (Wildman–Crippen LogP) is 8.09. The molecular weight excluding hydrogens is 526 g/mol. The predicted molar refractivity (Wildman–Crippen MR) is 170 cm³/mol. The summed E-state index contributed by atoms with van der Waals surface area (Å²) < 4.78 is 0. The average Bonchev–Trinajstić information content (AvgIpc) is 3.43. The fourth-order valence-corrected chi connectivity index (χ4v) is 7.04. The van der Waals surface area contributed by atoms with Crippen molar-refractivity contribution in [1.29, 1.82) is 0 Å². The van der Waals surface area contributed by atoms with Crippen molar-refractivity contribution in [2.75, 3.05) is 23.7 Å². The van der Waals surface area contributed by atoms with Crippen LogP contribution in [0.25, 0.3) is 17.0 Å². The lowest BCUT2D eigenvalue weighted by Gasteiger charge is -2.34. The van der Waals surface area contributed by atoms with Crippen LogP contribution in [0.15, 0.2) is 67.4 Å². The Hall–Kier alpha value is -3.97. The van der Waals surface area contributed by atoms with Crippen LogP contribution in [0.3, 0.4) is 0 Å². The van der Waals surface area contributed by atoms with E-state index in [0.29, 0.717) is 11.9 Å². The molecule has 6 nitrogen and oxygen atoms in total. The van der Waals surface area contributed by atoms with Gasteiger partial charge in [0.05, 0.1) is 10.6 Å². The summed E-state index contributed by atoms with van der Waals surface area (Å²) in [6.45, 7) is 10.8. The fraction of sp³-hybridized carbons (Fsp3) is 0.324. The highest BCUT2D eigenvalue weighted by atomic mass is 32.1. The van der Waals surface area contributed by atoms with Crippen molar-refractivity contribution >= 4 is 40.3 Å². The van der Waals surface area contributed by atoms with Crippen LogP contribution in [0.5, 0.6) is 0 Å². The molecule has 1 aliphatic heterocycles. The van der Waals surface area contributed by atoms with Gasteiger partial charge in [0.25, 0.3) is 5.91 Å². The molecule has 4 aromatic rings. The number of hydrogen-bond donors (Lipinski definition) is 2. The Balaban J connectivity index is 1.15. The van der Waals surface area contributed by atoms with E-state index >= 15 is 0 Å². The van der Waals surface area contributed by atoms with Crippen LogP contribution >= 0.6 is 11.3 Å². The lowest BCUT2D eigenvalue weighted by Crippen LogP contribution is -2.32. The van der Waals surface area contributed by atoms with Crippen LogP contribution in [-0.4, -0.2) is 33.9 Å². The molecule has 2 aliphatic rings. The maximum absolute atomic E-state index is 13.1. The number of likely N-dealkylation sites (tertiary alicyclic amines) is 1. The SMILES string of the molecule is C=C(c1ccc(Nc2nccc(-c3cccc(NC(=O)c4cc5c(s4)CCCC5)c3C)n2)cc1)N1CCCC(C)C1. The van der Waals surface area contributed by atoms with Gasteiger partial charge in [-0.15, -0.1) is 11.3 Å². The first-order valence-corrected chi connectivity index (χ1v) is 15.4. The van der Waals surface area contributed by atoms with Crippen LogP contribution < -0.4 is 10.6 Å². The lowest BCUT2D eigenvalue weighted by atomic mass is 9.99. The van der Waals surface area contributed by atoms with Gasteiger partial charge in [-0.3, -0.25) is 4.79 Å². The molecule has 41 heavy (non-hydrogen) atoms. The molecule has 0 bridgehead atoms. The molecule has 210 valence electrons. The molecule has 1 amide bonds. The van der Waals surface area contributed by atoms with Crippen LogP contribution in [0.2, 0.25) is 0 Å². The van der Waals surface area contributed by atoms with Gasteiger partial charge < -0.3 is 15.5 Å². The molecule has 2 aromatic carbocycles. The number of hydrogen-bond acceptors (Lipinski definition) is 6. The zero-order valence-electron chi connectivity index (χ0n) is 23.9. The van der Waals surface area contributed by atoms with Crippen molar-refractivity contribution in [3.8, 4) is 11.3 Å².